The molecule has 7 heteroatoms. The number of amides is 1. The molecule has 1 aliphatic rings. The highest BCUT2D eigenvalue weighted by Gasteiger charge is 2.30. The number of carbonyl (C=O) groups is 3. The van der Waals surface area contributed by atoms with Gasteiger partial charge in [0.15, 0.2) is 11.6 Å². The number of hydrogen-bond acceptors (Lipinski definition) is 5. The van der Waals surface area contributed by atoms with Crippen LogP contribution in [-0.2, 0) is 14.3 Å². The number of nitrogens with one attached hydrogen (secondary N) is 1. The van der Waals surface area contributed by atoms with Crippen molar-refractivity contribution in [1.82, 2.24) is 10.2 Å². The maximum absolute atomic E-state index is 11.4. The number of aromatic nitrogens is 2. The molecule has 0 saturated carbocycles. The van der Waals surface area contributed by atoms with Crippen LogP contribution in [0.4, 0.5) is 5.82 Å². The van der Waals surface area contributed by atoms with Gasteiger partial charge in [0.2, 0.25) is 5.91 Å². The van der Waals surface area contributed by atoms with Crippen LogP contribution in [0.15, 0.2) is 6.07 Å². The van der Waals surface area contributed by atoms with Crippen LogP contribution < -0.4 is 4.90 Å². The Balaban J connectivity index is 2.16. The molecular formula is C10H11N3O4. The van der Waals surface area contributed by atoms with Gasteiger partial charge in [-0.25, -0.2) is 4.79 Å². The Kier molecular flexibility index (Phi) is 2.90. The van der Waals surface area contributed by atoms with Crippen LogP contribution in [0.5, 0.6) is 0 Å². The average molecular weight is 237 g/mol. The molecule has 0 spiro atoms. The Morgan fingerprint density at radius 2 is 2.35 bits per heavy atom. The summed E-state index contributed by atoms with van der Waals surface area (Å²) in [6.45, 7) is 1.96. The zero-order valence-electron chi connectivity index (χ0n) is 9.23. The number of carbonyl (C=O) groups excluding carboxylic acids is 3. The highest BCUT2D eigenvalue weighted by Crippen LogP contribution is 2.18. The molecule has 0 radical (unpaired) electrons. The van der Waals surface area contributed by atoms with Crippen LogP contribution >= 0.6 is 0 Å². The molecule has 0 aliphatic carbocycles. The van der Waals surface area contributed by atoms with E-state index in [4.69, 9.17) is 4.74 Å². The van der Waals surface area contributed by atoms with Gasteiger partial charge in [-0.05, 0) is 6.92 Å². The maximum Gasteiger partial charge on any atom is 0.356 e. The summed E-state index contributed by atoms with van der Waals surface area (Å²) in [5, 5.41) is 6.29. The second kappa shape index (κ2) is 4.36. The Bertz CT molecular complexity index is 480. The van der Waals surface area contributed by atoms with E-state index >= 15 is 0 Å². The van der Waals surface area contributed by atoms with Gasteiger partial charge in [0.25, 0.3) is 0 Å². The SMILES string of the molecule is CCOC(=O)c1cc(N2CC(=O)CC2=O)n[nH]1. The Labute approximate surface area is 96.7 Å². The number of rotatable bonds is 3. The number of nitrogens with zero attached hydrogens (tertiary/aromatic N) is 2. The lowest BCUT2D eigenvalue weighted by Crippen LogP contribution is -2.24. The molecule has 1 aromatic heterocycles. The summed E-state index contributed by atoms with van der Waals surface area (Å²) < 4.78 is 4.77. The quantitative estimate of drug-likeness (QED) is 0.585. The summed E-state index contributed by atoms with van der Waals surface area (Å²) in [4.78, 5) is 35.1. The van der Waals surface area contributed by atoms with Gasteiger partial charge in [-0.1, -0.05) is 0 Å². The van der Waals surface area contributed by atoms with Crippen LogP contribution in [0.3, 0.4) is 0 Å². The standard InChI is InChI=1S/C10H11N3O4/c1-2-17-10(16)7-4-8(12-11-7)13-5-6(14)3-9(13)15/h4H,2-3,5H2,1H3,(H,11,12). The second-order valence-electron chi connectivity index (χ2n) is 3.56. The van der Waals surface area contributed by atoms with Crippen molar-refractivity contribution in [2.24, 2.45) is 0 Å². The van der Waals surface area contributed by atoms with E-state index in [0.29, 0.717) is 0 Å². The molecule has 1 saturated heterocycles. The van der Waals surface area contributed by atoms with Gasteiger partial charge < -0.3 is 4.74 Å². The predicted octanol–water partition coefficient (Wildman–Crippen LogP) is -0.108. The number of ketones is 1. The van der Waals surface area contributed by atoms with Crippen molar-refractivity contribution < 1.29 is 19.1 Å². The highest BCUT2D eigenvalue weighted by molar-refractivity contribution is 6.14. The van der Waals surface area contributed by atoms with E-state index in [1.54, 1.807) is 6.92 Å². The smallest absolute Gasteiger partial charge is 0.356 e. The molecule has 1 aliphatic heterocycles. The zero-order chi connectivity index (χ0) is 12.4. The lowest BCUT2D eigenvalue weighted by Gasteiger charge is -2.09. The molecule has 1 amide bonds. The van der Waals surface area contributed by atoms with E-state index in [1.807, 2.05) is 0 Å². The number of esters is 1. The first-order valence-electron chi connectivity index (χ1n) is 5.16. The van der Waals surface area contributed by atoms with Crippen LogP contribution in [0.2, 0.25) is 0 Å². The van der Waals surface area contributed by atoms with E-state index in [0.717, 1.165) is 0 Å². The van der Waals surface area contributed by atoms with E-state index in [-0.39, 0.29) is 42.8 Å². The molecule has 1 N–H and O–H groups in total. The van der Waals surface area contributed by atoms with Gasteiger partial charge >= 0.3 is 5.97 Å². The fraction of sp³-hybridized carbons (Fsp3) is 0.400. The van der Waals surface area contributed by atoms with E-state index in [9.17, 15) is 14.4 Å². The number of anilines is 1. The first kappa shape index (κ1) is 11.3. The van der Waals surface area contributed by atoms with Crippen LogP contribution in [0.1, 0.15) is 23.8 Å². The van der Waals surface area contributed by atoms with Crippen molar-refractivity contribution in [2.75, 3.05) is 18.1 Å². The molecule has 2 heterocycles. The molecule has 0 aromatic carbocycles. The van der Waals surface area contributed by atoms with Gasteiger partial charge in [0, 0.05) is 6.07 Å². The summed E-state index contributed by atoms with van der Waals surface area (Å²) in [6.07, 6.45) is -0.110. The first-order chi connectivity index (χ1) is 8.11. The average Bonchev–Trinajstić information content (AvgIpc) is 2.85. The van der Waals surface area contributed by atoms with Gasteiger partial charge in [-0.15, -0.1) is 0 Å². The van der Waals surface area contributed by atoms with Crippen molar-refractivity contribution >= 4 is 23.5 Å². The lowest BCUT2D eigenvalue weighted by molar-refractivity contribution is -0.121. The third-order valence-electron chi connectivity index (χ3n) is 2.32. The summed E-state index contributed by atoms with van der Waals surface area (Å²) in [5.41, 5.74) is 0.161. The van der Waals surface area contributed by atoms with Crippen LogP contribution in [0.25, 0.3) is 0 Å². The van der Waals surface area contributed by atoms with Crippen molar-refractivity contribution in [2.45, 2.75) is 13.3 Å². The highest BCUT2D eigenvalue weighted by atomic mass is 16.5. The van der Waals surface area contributed by atoms with Gasteiger partial charge in [-0.3, -0.25) is 19.6 Å². The van der Waals surface area contributed by atoms with Crippen molar-refractivity contribution in [3.63, 3.8) is 0 Å². The summed E-state index contributed by atoms with van der Waals surface area (Å²) in [7, 11) is 0. The molecule has 1 aromatic rings. The number of ether oxygens (including phenoxy) is 1. The Hall–Kier alpha value is -2.18. The minimum Gasteiger partial charge on any atom is -0.461 e. The third kappa shape index (κ3) is 2.17. The predicted molar refractivity (Wildman–Crippen MR) is 56.5 cm³/mol. The summed E-state index contributed by atoms with van der Waals surface area (Å²) in [5.74, 6) is -0.735. The monoisotopic (exact) mass is 237 g/mol. The summed E-state index contributed by atoms with van der Waals surface area (Å²) >= 11 is 0. The van der Waals surface area contributed by atoms with E-state index < -0.39 is 5.97 Å². The maximum atomic E-state index is 11.4. The van der Waals surface area contributed by atoms with E-state index in [2.05, 4.69) is 10.2 Å². The molecule has 0 bridgehead atoms. The Morgan fingerprint density at radius 1 is 1.59 bits per heavy atom. The number of Topliss-reactive ketones (excluding diaryl/α,β-unsaturated/α-hetero) is 1. The molecule has 1 fully saturated rings. The number of H-pyrrole nitrogens is 1. The molecule has 90 valence electrons. The van der Waals surface area contributed by atoms with Crippen LogP contribution in [-0.4, -0.2) is 41.0 Å². The third-order valence-corrected chi connectivity index (χ3v) is 2.32. The van der Waals surface area contributed by atoms with Crippen molar-refractivity contribution in [3.05, 3.63) is 11.8 Å². The number of hydrogen-bond donors (Lipinski definition) is 1. The fourth-order valence-corrected chi connectivity index (χ4v) is 1.56. The number of aromatic amines is 1. The van der Waals surface area contributed by atoms with E-state index in [1.165, 1.54) is 11.0 Å². The molecule has 17 heavy (non-hydrogen) atoms. The van der Waals surface area contributed by atoms with Gasteiger partial charge in [-0.2, -0.15) is 5.10 Å². The van der Waals surface area contributed by atoms with Crippen molar-refractivity contribution in [1.29, 1.82) is 0 Å². The lowest BCUT2D eigenvalue weighted by atomic mass is 10.3. The van der Waals surface area contributed by atoms with Gasteiger partial charge in [0.05, 0.1) is 19.6 Å². The topological polar surface area (TPSA) is 92.4 Å². The van der Waals surface area contributed by atoms with Crippen molar-refractivity contribution in [3.8, 4) is 0 Å². The fourth-order valence-electron chi connectivity index (χ4n) is 1.56. The van der Waals surface area contributed by atoms with Crippen LogP contribution in [0, 0.1) is 0 Å². The van der Waals surface area contributed by atoms with Gasteiger partial charge in [0.1, 0.15) is 5.69 Å². The minimum atomic E-state index is -0.538. The second-order valence-corrected chi connectivity index (χ2v) is 3.56. The minimum absolute atomic E-state index is 0.00590. The molecule has 0 unspecified atom stereocenters. The summed E-state index contributed by atoms with van der Waals surface area (Å²) in [6, 6.07) is 1.40. The Morgan fingerprint density at radius 3 is 2.94 bits per heavy atom. The normalized spacial score (nSPS) is 15.5. The molecule has 0 atom stereocenters. The first-order valence-corrected chi connectivity index (χ1v) is 5.16. The molecular weight excluding hydrogens is 226 g/mol. The molecule has 2 rings (SSSR count). The largest absolute Gasteiger partial charge is 0.461 e. The zero-order valence-corrected chi connectivity index (χ0v) is 9.23. The molecule has 7 nitrogen and oxygen atoms in total.